The number of rotatable bonds is 7. The Morgan fingerprint density at radius 3 is 2.80 bits per heavy atom. The third-order valence-corrected chi connectivity index (χ3v) is 4.53. The van der Waals surface area contributed by atoms with Gasteiger partial charge in [-0.05, 0) is 25.1 Å². The zero-order chi connectivity index (χ0) is 17.5. The molecule has 0 bridgehead atoms. The number of hydrogen-bond acceptors (Lipinski definition) is 4. The number of nitrogens with zero attached hydrogens (tertiary/aromatic N) is 1. The summed E-state index contributed by atoms with van der Waals surface area (Å²) in [7, 11) is 0. The molecule has 1 amide bonds. The summed E-state index contributed by atoms with van der Waals surface area (Å²) in [5.74, 6) is 0.761. The van der Waals surface area contributed by atoms with E-state index in [2.05, 4.69) is 29.4 Å². The number of aromatic nitrogens is 1. The van der Waals surface area contributed by atoms with Crippen molar-refractivity contribution in [3.05, 3.63) is 71.2 Å². The summed E-state index contributed by atoms with van der Waals surface area (Å²) >= 11 is 1.56. The van der Waals surface area contributed by atoms with Gasteiger partial charge in [-0.15, -0.1) is 11.3 Å². The van der Waals surface area contributed by atoms with Crippen molar-refractivity contribution in [1.29, 1.82) is 0 Å². The molecule has 0 radical (unpaired) electrons. The molecule has 3 aromatic rings. The van der Waals surface area contributed by atoms with E-state index in [1.165, 1.54) is 5.56 Å². The first kappa shape index (κ1) is 17.2. The van der Waals surface area contributed by atoms with Gasteiger partial charge in [0, 0.05) is 10.9 Å². The van der Waals surface area contributed by atoms with E-state index in [9.17, 15) is 4.79 Å². The highest BCUT2D eigenvalue weighted by Crippen LogP contribution is 2.24. The lowest BCUT2D eigenvalue weighted by Crippen LogP contribution is -2.29. The molecular weight excluding hydrogens is 332 g/mol. The summed E-state index contributed by atoms with van der Waals surface area (Å²) in [6.07, 6.45) is 0.285. The molecule has 5 heteroatoms. The third-order valence-electron chi connectivity index (χ3n) is 3.59. The van der Waals surface area contributed by atoms with Gasteiger partial charge in [0.05, 0.1) is 18.7 Å². The second kappa shape index (κ2) is 8.44. The van der Waals surface area contributed by atoms with E-state index in [0.29, 0.717) is 13.2 Å². The molecule has 0 atom stereocenters. The molecular formula is C20H20N2O2S. The van der Waals surface area contributed by atoms with Gasteiger partial charge in [-0.3, -0.25) is 4.79 Å². The Labute approximate surface area is 151 Å². The molecule has 2 aromatic carbocycles. The third kappa shape index (κ3) is 5.16. The van der Waals surface area contributed by atoms with E-state index >= 15 is 0 Å². The smallest absolute Gasteiger partial charge is 0.226 e. The largest absolute Gasteiger partial charge is 0.492 e. The minimum Gasteiger partial charge on any atom is -0.492 e. The molecule has 1 heterocycles. The second-order valence-corrected chi connectivity index (χ2v) is 6.56. The molecule has 128 valence electrons. The zero-order valence-corrected chi connectivity index (χ0v) is 14.9. The number of nitrogens with one attached hydrogen (secondary N) is 1. The lowest BCUT2D eigenvalue weighted by atomic mass is 10.1. The van der Waals surface area contributed by atoms with Crippen molar-refractivity contribution in [1.82, 2.24) is 10.3 Å². The number of benzene rings is 2. The minimum absolute atomic E-state index is 0.0437. The number of ether oxygens (including phenoxy) is 1. The van der Waals surface area contributed by atoms with Crippen LogP contribution in [0.25, 0.3) is 10.6 Å². The Kier molecular flexibility index (Phi) is 5.80. The van der Waals surface area contributed by atoms with E-state index in [4.69, 9.17) is 4.74 Å². The summed E-state index contributed by atoms with van der Waals surface area (Å²) in [6.45, 7) is 2.98. The maximum atomic E-state index is 12.0. The summed E-state index contributed by atoms with van der Waals surface area (Å²) in [6, 6.07) is 17.8. The molecule has 0 fully saturated rings. The molecule has 4 nitrogen and oxygen atoms in total. The summed E-state index contributed by atoms with van der Waals surface area (Å²) in [5.41, 5.74) is 3.08. The molecule has 25 heavy (non-hydrogen) atoms. The van der Waals surface area contributed by atoms with Crippen LogP contribution in [0.4, 0.5) is 0 Å². The SMILES string of the molecule is Cc1cccc(-c2nc(CC(=O)NCCOc3ccccc3)cs2)c1. The van der Waals surface area contributed by atoms with E-state index < -0.39 is 0 Å². The Morgan fingerprint density at radius 2 is 2.00 bits per heavy atom. The molecule has 1 N–H and O–H groups in total. The quantitative estimate of drug-likeness (QED) is 0.657. The van der Waals surface area contributed by atoms with Crippen molar-refractivity contribution in [2.75, 3.05) is 13.2 Å². The van der Waals surface area contributed by atoms with Gasteiger partial charge < -0.3 is 10.1 Å². The average molecular weight is 352 g/mol. The Hall–Kier alpha value is -2.66. The molecule has 0 aliphatic rings. The predicted octanol–water partition coefficient (Wildman–Crippen LogP) is 3.86. The van der Waals surface area contributed by atoms with Crippen LogP contribution in [0.5, 0.6) is 5.75 Å². The minimum atomic E-state index is -0.0437. The molecule has 0 saturated heterocycles. The number of carbonyl (C=O) groups is 1. The van der Waals surface area contributed by atoms with Crippen molar-refractivity contribution < 1.29 is 9.53 Å². The number of thiazole rings is 1. The maximum Gasteiger partial charge on any atom is 0.226 e. The van der Waals surface area contributed by atoms with Crippen molar-refractivity contribution in [3.63, 3.8) is 0 Å². The highest BCUT2D eigenvalue weighted by molar-refractivity contribution is 7.13. The van der Waals surface area contributed by atoms with Crippen LogP contribution in [0.2, 0.25) is 0 Å². The molecule has 0 saturated carbocycles. The van der Waals surface area contributed by atoms with Crippen LogP contribution in [-0.4, -0.2) is 24.0 Å². The van der Waals surface area contributed by atoms with E-state index in [1.807, 2.05) is 47.8 Å². The van der Waals surface area contributed by atoms with Gasteiger partial charge in [-0.25, -0.2) is 4.98 Å². The average Bonchev–Trinajstić information content (AvgIpc) is 3.08. The van der Waals surface area contributed by atoms with Crippen LogP contribution in [0.3, 0.4) is 0 Å². The number of hydrogen-bond donors (Lipinski definition) is 1. The van der Waals surface area contributed by atoms with Gasteiger partial charge >= 0.3 is 0 Å². The first-order chi connectivity index (χ1) is 12.2. The standard InChI is InChI=1S/C20H20N2O2S/c1-15-6-5-7-16(12-15)20-22-17(14-25-20)13-19(23)21-10-11-24-18-8-3-2-4-9-18/h2-9,12,14H,10-11,13H2,1H3,(H,21,23). The van der Waals surface area contributed by atoms with Crippen molar-refractivity contribution in [2.45, 2.75) is 13.3 Å². The number of para-hydroxylation sites is 1. The first-order valence-corrected chi connectivity index (χ1v) is 9.05. The second-order valence-electron chi connectivity index (χ2n) is 5.70. The van der Waals surface area contributed by atoms with Gasteiger partial charge in [0.25, 0.3) is 0 Å². The van der Waals surface area contributed by atoms with Gasteiger partial charge in [-0.2, -0.15) is 0 Å². The maximum absolute atomic E-state index is 12.0. The monoisotopic (exact) mass is 352 g/mol. The van der Waals surface area contributed by atoms with Gasteiger partial charge in [0.2, 0.25) is 5.91 Å². The van der Waals surface area contributed by atoms with Crippen molar-refractivity contribution in [3.8, 4) is 16.3 Å². The molecule has 0 aliphatic carbocycles. The van der Waals surface area contributed by atoms with E-state index in [-0.39, 0.29) is 12.3 Å². The fourth-order valence-electron chi connectivity index (χ4n) is 2.40. The fraction of sp³-hybridized carbons (Fsp3) is 0.200. The van der Waals surface area contributed by atoms with Crippen molar-refractivity contribution >= 4 is 17.2 Å². The Balaban J connectivity index is 1.45. The van der Waals surface area contributed by atoms with Crippen LogP contribution < -0.4 is 10.1 Å². The Morgan fingerprint density at radius 1 is 1.16 bits per heavy atom. The summed E-state index contributed by atoms with van der Waals surface area (Å²) in [5, 5.41) is 5.75. The van der Waals surface area contributed by atoms with E-state index in [0.717, 1.165) is 22.0 Å². The predicted molar refractivity (Wildman–Crippen MR) is 101 cm³/mol. The van der Waals surface area contributed by atoms with Crippen LogP contribution in [0, 0.1) is 6.92 Å². The first-order valence-electron chi connectivity index (χ1n) is 8.17. The van der Waals surface area contributed by atoms with Crippen molar-refractivity contribution in [2.24, 2.45) is 0 Å². The van der Waals surface area contributed by atoms with Gasteiger partial charge in [0.15, 0.2) is 0 Å². The molecule has 1 aromatic heterocycles. The van der Waals surface area contributed by atoms with Crippen LogP contribution in [0.1, 0.15) is 11.3 Å². The van der Waals surface area contributed by atoms with Crippen LogP contribution in [-0.2, 0) is 11.2 Å². The number of carbonyl (C=O) groups excluding carboxylic acids is 1. The van der Waals surface area contributed by atoms with Gasteiger partial charge in [-0.1, -0.05) is 42.0 Å². The Bertz CT molecular complexity index is 830. The molecule has 0 unspecified atom stereocenters. The topological polar surface area (TPSA) is 51.2 Å². The highest BCUT2D eigenvalue weighted by Gasteiger charge is 2.09. The van der Waals surface area contributed by atoms with Crippen LogP contribution >= 0.6 is 11.3 Å². The van der Waals surface area contributed by atoms with E-state index in [1.54, 1.807) is 11.3 Å². The summed E-state index contributed by atoms with van der Waals surface area (Å²) < 4.78 is 5.55. The zero-order valence-electron chi connectivity index (χ0n) is 14.1. The highest BCUT2D eigenvalue weighted by atomic mass is 32.1. The van der Waals surface area contributed by atoms with Crippen LogP contribution in [0.15, 0.2) is 60.0 Å². The number of amides is 1. The molecule has 0 spiro atoms. The summed E-state index contributed by atoms with van der Waals surface area (Å²) in [4.78, 5) is 16.6. The normalized spacial score (nSPS) is 10.4. The lowest BCUT2D eigenvalue weighted by molar-refractivity contribution is -0.120. The fourth-order valence-corrected chi connectivity index (χ4v) is 3.22. The number of aryl methyl sites for hydroxylation is 1. The van der Waals surface area contributed by atoms with Gasteiger partial charge in [0.1, 0.15) is 17.4 Å². The lowest BCUT2D eigenvalue weighted by Gasteiger charge is -2.07. The molecule has 3 rings (SSSR count). The molecule has 0 aliphatic heterocycles.